The number of likely N-dealkylation sites (N-methyl/N-ethyl adjacent to an activating group) is 1. The van der Waals surface area contributed by atoms with Gasteiger partial charge in [-0.05, 0) is 0 Å². The highest BCUT2D eigenvalue weighted by Gasteiger charge is 2.11. The molecule has 2 aromatic rings. The van der Waals surface area contributed by atoms with Crippen LogP contribution < -0.4 is 0 Å². The number of H-pyrrole nitrogens is 1. The molecule has 2 aromatic heterocycles. The molecule has 84 valence electrons. The van der Waals surface area contributed by atoms with Gasteiger partial charge in [0.2, 0.25) is 5.91 Å². The molecule has 16 heavy (non-hydrogen) atoms. The fraction of sp³-hybridized carbons (Fsp3) is 0.333. The molecule has 0 bridgehead atoms. The Labute approximate surface area is 92.1 Å². The van der Waals surface area contributed by atoms with Crippen molar-refractivity contribution in [1.29, 1.82) is 0 Å². The average Bonchev–Trinajstić information content (AvgIpc) is 2.90. The molecule has 1 amide bonds. The molecule has 0 aliphatic carbocycles. The summed E-state index contributed by atoms with van der Waals surface area (Å²) in [6, 6.07) is 0. The minimum absolute atomic E-state index is 0.0399. The van der Waals surface area contributed by atoms with Gasteiger partial charge in [-0.15, -0.1) is 5.10 Å². The number of amides is 1. The van der Waals surface area contributed by atoms with Crippen molar-refractivity contribution in [3.05, 3.63) is 30.6 Å². The van der Waals surface area contributed by atoms with E-state index in [-0.39, 0.29) is 12.5 Å². The number of carbonyl (C=O) groups excluding carboxylic acids is 1. The number of nitrogens with one attached hydrogen (secondary N) is 1. The minimum atomic E-state index is -0.0399. The third-order valence-corrected chi connectivity index (χ3v) is 2.14. The number of rotatable bonds is 4. The van der Waals surface area contributed by atoms with Gasteiger partial charge in [-0.1, -0.05) is 5.21 Å². The molecule has 0 aliphatic rings. The van der Waals surface area contributed by atoms with Crippen molar-refractivity contribution in [2.45, 2.75) is 13.1 Å². The van der Waals surface area contributed by atoms with Crippen LogP contribution in [0.3, 0.4) is 0 Å². The monoisotopic (exact) mass is 220 g/mol. The first kappa shape index (κ1) is 10.3. The normalized spacial score (nSPS) is 10.3. The van der Waals surface area contributed by atoms with E-state index in [1.807, 2.05) is 0 Å². The quantitative estimate of drug-likeness (QED) is 0.764. The summed E-state index contributed by atoms with van der Waals surface area (Å²) in [5.41, 5.74) is 0. The van der Waals surface area contributed by atoms with Crippen LogP contribution in [0.15, 0.2) is 24.8 Å². The van der Waals surface area contributed by atoms with E-state index < -0.39 is 0 Å². The summed E-state index contributed by atoms with van der Waals surface area (Å²) in [5.74, 6) is 0.719. The van der Waals surface area contributed by atoms with Crippen LogP contribution in [0.4, 0.5) is 0 Å². The van der Waals surface area contributed by atoms with Crippen LogP contribution in [0.25, 0.3) is 0 Å². The van der Waals surface area contributed by atoms with Crippen molar-refractivity contribution >= 4 is 5.91 Å². The Bertz CT molecular complexity index is 435. The number of hydrogen-bond acceptors (Lipinski definition) is 4. The van der Waals surface area contributed by atoms with Crippen LogP contribution >= 0.6 is 0 Å². The zero-order chi connectivity index (χ0) is 11.4. The zero-order valence-electron chi connectivity index (χ0n) is 8.87. The Balaban J connectivity index is 1.90. The van der Waals surface area contributed by atoms with Crippen molar-refractivity contribution in [3.8, 4) is 0 Å². The Kier molecular flexibility index (Phi) is 2.95. The van der Waals surface area contributed by atoms with Crippen molar-refractivity contribution in [1.82, 2.24) is 29.9 Å². The molecule has 2 heterocycles. The van der Waals surface area contributed by atoms with Gasteiger partial charge in [-0.2, -0.15) is 0 Å². The molecule has 0 fully saturated rings. The number of aromatic amines is 1. The minimum Gasteiger partial charge on any atom is -0.347 e. The number of carbonyl (C=O) groups is 1. The lowest BCUT2D eigenvalue weighted by atomic mass is 10.4. The number of hydrogen-bond donors (Lipinski definition) is 1. The fourth-order valence-electron chi connectivity index (χ4n) is 1.27. The molecule has 0 atom stereocenters. The van der Waals surface area contributed by atoms with Gasteiger partial charge in [0.1, 0.15) is 12.4 Å². The summed E-state index contributed by atoms with van der Waals surface area (Å²) in [6.07, 6.45) is 6.58. The van der Waals surface area contributed by atoms with Crippen LogP contribution in [0, 0.1) is 0 Å². The van der Waals surface area contributed by atoms with E-state index in [1.165, 1.54) is 4.68 Å². The predicted octanol–water partition coefficient (Wildman–Crippen LogP) is -0.340. The summed E-state index contributed by atoms with van der Waals surface area (Å²) >= 11 is 0. The highest BCUT2D eigenvalue weighted by atomic mass is 16.2. The number of imidazole rings is 1. The van der Waals surface area contributed by atoms with Crippen LogP contribution in [-0.2, 0) is 17.9 Å². The largest absolute Gasteiger partial charge is 0.347 e. The Morgan fingerprint density at radius 1 is 1.56 bits per heavy atom. The molecule has 0 saturated heterocycles. The summed E-state index contributed by atoms with van der Waals surface area (Å²) in [6.45, 7) is 0.651. The van der Waals surface area contributed by atoms with Crippen LogP contribution in [-0.4, -0.2) is 42.8 Å². The smallest absolute Gasteiger partial charge is 0.244 e. The fourth-order valence-corrected chi connectivity index (χ4v) is 1.27. The van der Waals surface area contributed by atoms with Crippen LogP contribution in [0.2, 0.25) is 0 Å². The summed E-state index contributed by atoms with van der Waals surface area (Å²) in [7, 11) is 1.72. The summed E-state index contributed by atoms with van der Waals surface area (Å²) in [4.78, 5) is 20.3. The summed E-state index contributed by atoms with van der Waals surface area (Å²) in [5, 5.41) is 7.37. The van der Waals surface area contributed by atoms with E-state index in [9.17, 15) is 4.79 Å². The molecular formula is C9H12N6O. The SMILES string of the molecule is CN(Cc1ncc[nH]1)C(=O)Cn1ccnn1. The second kappa shape index (κ2) is 4.56. The Morgan fingerprint density at radius 3 is 3.06 bits per heavy atom. The van der Waals surface area contributed by atoms with E-state index in [2.05, 4.69) is 20.3 Å². The molecule has 7 nitrogen and oxygen atoms in total. The molecule has 7 heteroatoms. The topological polar surface area (TPSA) is 79.7 Å². The van der Waals surface area contributed by atoms with Crippen LogP contribution in [0.5, 0.6) is 0 Å². The van der Waals surface area contributed by atoms with Gasteiger partial charge in [0.15, 0.2) is 0 Å². The number of nitrogens with zero attached hydrogens (tertiary/aromatic N) is 5. The summed E-state index contributed by atoms with van der Waals surface area (Å²) < 4.78 is 1.49. The van der Waals surface area contributed by atoms with Gasteiger partial charge in [0.25, 0.3) is 0 Å². The molecule has 0 aliphatic heterocycles. The first-order valence-corrected chi connectivity index (χ1v) is 4.82. The maximum atomic E-state index is 11.7. The van der Waals surface area contributed by atoms with E-state index >= 15 is 0 Å². The first-order valence-electron chi connectivity index (χ1n) is 4.82. The van der Waals surface area contributed by atoms with Gasteiger partial charge in [0.05, 0.1) is 12.7 Å². The van der Waals surface area contributed by atoms with Crippen molar-refractivity contribution in [3.63, 3.8) is 0 Å². The Hall–Kier alpha value is -2.18. The molecule has 0 unspecified atom stereocenters. The van der Waals surface area contributed by atoms with Gasteiger partial charge < -0.3 is 9.88 Å². The predicted molar refractivity (Wildman–Crippen MR) is 55.1 cm³/mol. The molecule has 0 spiro atoms. The standard InChI is InChI=1S/C9H12N6O/c1-14(6-8-10-2-3-11-8)9(16)7-15-5-4-12-13-15/h2-5H,6-7H2,1H3,(H,10,11). The highest BCUT2D eigenvalue weighted by Crippen LogP contribution is 1.97. The van der Waals surface area contributed by atoms with Crippen molar-refractivity contribution in [2.24, 2.45) is 0 Å². The van der Waals surface area contributed by atoms with Crippen molar-refractivity contribution in [2.75, 3.05) is 7.05 Å². The maximum Gasteiger partial charge on any atom is 0.244 e. The highest BCUT2D eigenvalue weighted by molar-refractivity contribution is 5.75. The number of aromatic nitrogens is 5. The third-order valence-electron chi connectivity index (χ3n) is 2.14. The third kappa shape index (κ3) is 2.44. The molecular weight excluding hydrogens is 208 g/mol. The van der Waals surface area contributed by atoms with E-state index in [0.29, 0.717) is 6.54 Å². The van der Waals surface area contributed by atoms with E-state index in [1.54, 1.807) is 36.7 Å². The van der Waals surface area contributed by atoms with Gasteiger partial charge in [0, 0.05) is 25.6 Å². The van der Waals surface area contributed by atoms with Crippen LogP contribution in [0.1, 0.15) is 5.82 Å². The molecule has 0 saturated carbocycles. The zero-order valence-corrected chi connectivity index (χ0v) is 8.87. The average molecular weight is 220 g/mol. The maximum absolute atomic E-state index is 11.7. The molecule has 0 aromatic carbocycles. The second-order valence-electron chi connectivity index (χ2n) is 3.39. The molecule has 1 N–H and O–H groups in total. The second-order valence-corrected chi connectivity index (χ2v) is 3.39. The lowest BCUT2D eigenvalue weighted by Gasteiger charge is -2.15. The van der Waals surface area contributed by atoms with Gasteiger partial charge in [-0.25, -0.2) is 9.67 Å². The molecule has 0 radical (unpaired) electrons. The van der Waals surface area contributed by atoms with Gasteiger partial charge in [-0.3, -0.25) is 4.79 Å². The van der Waals surface area contributed by atoms with E-state index in [4.69, 9.17) is 0 Å². The lowest BCUT2D eigenvalue weighted by Crippen LogP contribution is -2.30. The van der Waals surface area contributed by atoms with Crippen molar-refractivity contribution < 1.29 is 4.79 Å². The lowest BCUT2D eigenvalue weighted by molar-refractivity contribution is -0.131. The Morgan fingerprint density at radius 2 is 2.44 bits per heavy atom. The first-order chi connectivity index (χ1) is 7.75. The molecule has 2 rings (SSSR count). The van der Waals surface area contributed by atoms with Gasteiger partial charge >= 0.3 is 0 Å². The van der Waals surface area contributed by atoms with E-state index in [0.717, 1.165) is 5.82 Å².